The van der Waals surface area contributed by atoms with Crippen LogP contribution in [0.3, 0.4) is 0 Å². The predicted molar refractivity (Wildman–Crippen MR) is 79.2 cm³/mol. The van der Waals surface area contributed by atoms with Gasteiger partial charge in [-0.1, -0.05) is 0 Å². The molecule has 1 aliphatic carbocycles. The molecule has 2 heterocycles. The first-order valence-electron chi connectivity index (χ1n) is 7.60. The molecule has 0 aromatic carbocycles. The SMILES string of the molecule is CC(CN1CCOCC1)NC(=O)c1n[nH]c(C2CC2)c1N. The number of H-pyrrole nitrogens is 1. The van der Waals surface area contributed by atoms with Gasteiger partial charge in [0.25, 0.3) is 5.91 Å². The van der Waals surface area contributed by atoms with Crippen LogP contribution in [0.25, 0.3) is 0 Å². The van der Waals surface area contributed by atoms with E-state index < -0.39 is 0 Å². The number of anilines is 1. The Balaban J connectivity index is 1.55. The van der Waals surface area contributed by atoms with E-state index in [2.05, 4.69) is 20.4 Å². The van der Waals surface area contributed by atoms with E-state index in [4.69, 9.17) is 10.5 Å². The first-order valence-corrected chi connectivity index (χ1v) is 7.60. The summed E-state index contributed by atoms with van der Waals surface area (Å²) in [5, 5.41) is 9.96. The zero-order valence-electron chi connectivity index (χ0n) is 12.4. The van der Waals surface area contributed by atoms with Crippen molar-refractivity contribution >= 4 is 11.6 Å². The molecular weight excluding hydrogens is 270 g/mol. The van der Waals surface area contributed by atoms with Gasteiger partial charge < -0.3 is 15.8 Å². The van der Waals surface area contributed by atoms with E-state index >= 15 is 0 Å². The zero-order chi connectivity index (χ0) is 14.8. The number of carbonyl (C=O) groups excluding carboxylic acids is 1. The van der Waals surface area contributed by atoms with Gasteiger partial charge in [-0.25, -0.2) is 0 Å². The van der Waals surface area contributed by atoms with Gasteiger partial charge in [-0.15, -0.1) is 0 Å². The fourth-order valence-electron chi connectivity index (χ4n) is 2.73. The van der Waals surface area contributed by atoms with E-state index in [0.717, 1.165) is 51.4 Å². The summed E-state index contributed by atoms with van der Waals surface area (Å²) in [5.41, 5.74) is 7.77. The Kier molecular flexibility index (Phi) is 4.12. The third-order valence-corrected chi connectivity index (χ3v) is 4.05. The van der Waals surface area contributed by atoms with Crippen molar-refractivity contribution in [3.05, 3.63) is 11.4 Å². The van der Waals surface area contributed by atoms with E-state index in [1.165, 1.54) is 0 Å². The monoisotopic (exact) mass is 293 g/mol. The fraction of sp³-hybridized carbons (Fsp3) is 0.714. The number of morpholine rings is 1. The minimum Gasteiger partial charge on any atom is -0.395 e. The van der Waals surface area contributed by atoms with Gasteiger partial charge in [0, 0.05) is 31.6 Å². The molecule has 1 amide bonds. The van der Waals surface area contributed by atoms with Gasteiger partial charge >= 0.3 is 0 Å². The number of rotatable bonds is 5. The van der Waals surface area contributed by atoms with Crippen molar-refractivity contribution in [2.24, 2.45) is 0 Å². The Morgan fingerprint density at radius 1 is 1.52 bits per heavy atom. The molecule has 1 unspecified atom stereocenters. The lowest BCUT2D eigenvalue weighted by Gasteiger charge is -2.29. The predicted octanol–water partition coefficient (Wildman–Crippen LogP) is 0.320. The number of hydrogen-bond acceptors (Lipinski definition) is 5. The van der Waals surface area contributed by atoms with Crippen molar-refractivity contribution in [1.82, 2.24) is 20.4 Å². The van der Waals surface area contributed by atoms with Crippen LogP contribution in [0, 0.1) is 0 Å². The lowest BCUT2D eigenvalue weighted by Crippen LogP contribution is -2.46. The second-order valence-electron chi connectivity index (χ2n) is 5.96. The molecule has 2 fully saturated rings. The molecule has 1 aliphatic heterocycles. The highest BCUT2D eigenvalue weighted by molar-refractivity contribution is 5.97. The summed E-state index contributed by atoms with van der Waals surface area (Å²) in [5.74, 6) is 0.265. The van der Waals surface area contributed by atoms with Crippen LogP contribution >= 0.6 is 0 Å². The number of amides is 1. The standard InChI is InChI=1S/C14H23N5O2/c1-9(8-19-4-6-21-7-5-19)16-14(20)13-11(15)12(17-18-13)10-2-3-10/h9-10H,2-8,15H2,1H3,(H,16,20)(H,17,18). The van der Waals surface area contributed by atoms with E-state index in [-0.39, 0.29) is 11.9 Å². The molecule has 21 heavy (non-hydrogen) atoms. The van der Waals surface area contributed by atoms with Crippen molar-refractivity contribution < 1.29 is 9.53 Å². The summed E-state index contributed by atoms with van der Waals surface area (Å²) in [6.45, 7) is 6.16. The maximum absolute atomic E-state index is 12.3. The van der Waals surface area contributed by atoms with Crippen molar-refractivity contribution in [3.8, 4) is 0 Å². The first kappa shape index (κ1) is 14.3. The van der Waals surface area contributed by atoms with E-state index in [1.807, 2.05) is 6.92 Å². The smallest absolute Gasteiger partial charge is 0.274 e. The summed E-state index contributed by atoms with van der Waals surface area (Å²) in [7, 11) is 0. The molecule has 7 heteroatoms. The van der Waals surface area contributed by atoms with Crippen LogP contribution in [-0.4, -0.2) is 59.9 Å². The minimum atomic E-state index is -0.198. The summed E-state index contributed by atoms with van der Waals surface area (Å²) in [6.07, 6.45) is 2.25. The molecule has 3 rings (SSSR count). The Morgan fingerprint density at radius 3 is 2.90 bits per heavy atom. The average molecular weight is 293 g/mol. The van der Waals surface area contributed by atoms with Gasteiger partial charge in [0.15, 0.2) is 5.69 Å². The maximum atomic E-state index is 12.3. The zero-order valence-corrected chi connectivity index (χ0v) is 12.4. The number of hydrogen-bond donors (Lipinski definition) is 3. The van der Waals surface area contributed by atoms with Crippen molar-refractivity contribution in [2.75, 3.05) is 38.6 Å². The number of nitrogen functional groups attached to an aromatic ring is 1. The molecule has 7 nitrogen and oxygen atoms in total. The third-order valence-electron chi connectivity index (χ3n) is 4.05. The number of nitrogens with one attached hydrogen (secondary N) is 2. The Morgan fingerprint density at radius 2 is 2.24 bits per heavy atom. The largest absolute Gasteiger partial charge is 0.395 e. The normalized spacial score (nSPS) is 21.2. The number of ether oxygens (including phenoxy) is 1. The Hall–Kier alpha value is -1.60. The molecule has 4 N–H and O–H groups in total. The Labute approximate surface area is 124 Å². The lowest BCUT2D eigenvalue weighted by atomic mass is 10.2. The van der Waals surface area contributed by atoms with Gasteiger partial charge in [-0.2, -0.15) is 5.10 Å². The summed E-state index contributed by atoms with van der Waals surface area (Å²) < 4.78 is 5.32. The number of nitrogens with two attached hydrogens (primary N) is 1. The highest BCUT2D eigenvalue weighted by Crippen LogP contribution is 2.42. The molecule has 0 radical (unpaired) electrons. The molecule has 0 bridgehead atoms. The van der Waals surface area contributed by atoms with Crippen LogP contribution < -0.4 is 11.1 Å². The summed E-state index contributed by atoms with van der Waals surface area (Å²) in [6, 6.07) is 0.0519. The van der Waals surface area contributed by atoms with E-state index in [0.29, 0.717) is 17.3 Å². The molecule has 1 saturated heterocycles. The fourth-order valence-corrected chi connectivity index (χ4v) is 2.73. The van der Waals surface area contributed by atoms with Crippen LogP contribution in [0.4, 0.5) is 5.69 Å². The van der Waals surface area contributed by atoms with Crippen molar-refractivity contribution in [2.45, 2.75) is 31.7 Å². The van der Waals surface area contributed by atoms with Crippen LogP contribution in [0.15, 0.2) is 0 Å². The number of carbonyl (C=O) groups is 1. The maximum Gasteiger partial charge on any atom is 0.274 e. The highest BCUT2D eigenvalue weighted by atomic mass is 16.5. The molecule has 1 saturated carbocycles. The van der Waals surface area contributed by atoms with E-state index in [1.54, 1.807) is 0 Å². The molecule has 1 aromatic heterocycles. The van der Waals surface area contributed by atoms with Gasteiger partial charge in [0.05, 0.1) is 24.6 Å². The first-order chi connectivity index (χ1) is 10.1. The molecule has 0 spiro atoms. The second kappa shape index (κ2) is 6.03. The third kappa shape index (κ3) is 3.36. The van der Waals surface area contributed by atoms with Crippen molar-refractivity contribution in [3.63, 3.8) is 0 Å². The van der Waals surface area contributed by atoms with Gasteiger partial charge in [-0.05, 0) is 19.8 Å². The lowest BCUT2D eigenvalue weighted by molar-refractivity contribution is 0.0342. The number of aromatic nitrogens is 2. The highest BCUT2D eigenvalue weighted by Gasteiger charge is 2.30. The van der Waals surface area contributed by atoms with Gasteiger partial charge in [0.1, 0.15) is 0 Å². The van der Waals surface area contributed by atoms with Crippen molar-refractivity contribution in [1.29, 1.82) is 0 Å². The average Bonchev–Trinajstić information content (AvgIpc) is 3.22. The molecule has 1 aromatic rings. The summed E-state index contributed by atoms with van der Waals surface area (Å²) >= 11 is 0. The van der Waals surface area contributed by atoms with Gasteiger partial charge in [0.2, 0.25) is 0 Å². The number of aromatic amines is 1. The molecule has 116 valence electrons. The Bertz CT molecular complexity index is 505. The van der Waals surface area contributed by atoms with Crippen LogP contribution in [-0.2, 0) is 4.74 Å². The van der Waals surface area contributed by atoms with E-state index in [9.17, 15) is 4.79 Å². The van der Waals surface area contributed by atoms with Crippen LogP contribution in [0.2, 0.25) is 0 Å². The molecular formula is C14H23N5O2. The molecule has 1 atom stereocenters. The van der Waals surface area contributed by atoms with Crippen LogP contribution in [0.5, 0.6) is 0 Å². The quantitative estimate of drug-likeness (QED) is 0.726. The number of nitrogens with zero attached hydrogens (tertiary/aromatic N) is 2. The topological polar surface area (TPSA) is 96.3 Å². The van der Waals surface area contributed by atoms with Crippen LogP contribution in [0.1, 0.15) is 41.9 Å². The summed E-state index contributed by atoms with van der Waals surface area (Å²) in [4.78, 5) is 14.5. The van der Waals surface area contributed by atoms with Gasteiger partial charge in [-0.3, -0.25) is 14.8 Å². The minimum absolute atomic E-state index is 0.0519. The second-order valence-corrected chi connectivity index (χ2v) is 5.96. The molecule has 2 aliphatic rings.